The fourth-order valence-electron chi connectivity index (χ4n) is 9.13. The number of allylic oxidation sites excluding steroid dienone is 1. The second kappa shape index (κ2) is 22.2. The van der Waals surface area contributed by atoms with Crippen LogP contribution >= 0.6 is 0 Å². The Labute approximate surface area is 389 Å². The van der Waals surface area contributed by atoms with Crippen molar-refractivity contribution >= 4 is 46.3 Å². The van der Waals surface area contributed by atoms with Crippen molar-refractivity contribution in [3.05, 3.63) is 61.1 Å². The third-order valence-electron chi connectivity index (χ3n) is 13.0. The summed E-state index contributed by atoms with van der Waals surface area (Å²) in [5.74, 6) is -3.47. The minimum absolute atomic E-state index is 0.00612. The van der Waals surface area contributed by atoms with Crippen molar-refractivity contribution in [3.63, 3.8) is 0 Å². The first-order valence-electron chi connectivity index (χ1n) is 23.4. The normalized spacial score (nSPS) is 27.1. The highest BCUT2D eigenvalue weighted by atomic mass is 16.3. The summed E-state index contributed by atoms with van der Waals surface area (Å²) in [7, 11) is 3.09. The molecule has 0 aliphatic carbocycles. The molecule has 1 aromatic carbocycles. The Morgan fingerprint density at radius 2 is 1.47 bits per heavy atom. The molecule has 2 aliphatic rings. The number of aliphatic hydroxyl groups excluding tert-OH is 1. The number of amides is 6. The van der Waals surface area contributed by atoms with Gasteiger partial charge >= 0.3 is 0 Å². The summed E-state index contributed by atoms with van der Waals surface area (Å²) in [6, 6.07) is 0.426. The summed E-state index contributed by atoms with van der Waals surface area (Å²) >= 11 is 0. The molecule has 2 aromatic heterocycles. The van der Waals surface area contributed by atoms with E-state index in [2.05, 4.69) is 42.7 Å². The number of benzene rings is 1. The SMILES string of the molecule is C=CC(C)(C)n1cc(C[C@@H]2NC(=O)[C@H](Cn3ccnn3)NC(=O)[C@H](CC(C)C)N3CCC[C@@H]([C@@H]3O)N(C)C(=O)[C@H](CCC)NC(=O)[C@H](C)NC(=O)[C@H](CC(C)C)N(C)C2=O)c2ccccc21. The molecule has 2 bridgehead atoms. The summed E-state index contributed by atoms with van der Waals surface area (Å²) in [5, 5.41) is 32.5. The predicted molar refractivity (Wildman–Crippen MR) is 251 cm³/mol. The van der Waals surface area contributed by atoms with Crippen molar-refractivity contribution in [1.29, 1.82) is 0 Å². The third-order valence-corrected chi connectivity index (χ3v) is 13.0. The molecule has 5 rings (SSSR count). The Kier molecular flexibility index (Phi) is 17.3. The van der Waals surface area contributed by atoms with E-state index in [0.29, 0.717) is 38.6 Å². The number of rotatable bonds is 12. The van der Waals surface area contributed by atoms with E-state index in [-0.39, 0.29) is 31.2 Å². The Hall–Kier alpha value is -5.62. The van der Waals surface area contributed by atoms with Crippen molar-refractivity contribution < 1.29 is 33.9 Å². The number of hydrogen-bond acceptors (Lipinski definition) is 10. The number of carbonyl (C=O) groups excluding carboxylic acids is 6. The van der Waals surface area contributed by atoms with Crippen LogP contribution in [0.2, 0.25) is 0 Å². The molecule has 2 aliphatic heterocycles. The zero-order valence-corrected chi connectivity index (χ0v) is 40.5. The van der Waals surface area contributed by atoms with Crippen LogP contribution in [0.3, 0.4) is 0 Å². The number of fused-ring (bicyclic) bond motifs is 3. The molecular formula is C48H73N11O7. The smallest absolute Gasteiger partial charge is 0.245 e. The highest BCUT2D eigenvalue weighted by Gasteiger charge is 2.43. The Morgan fingerprint density at radius 3 is 2.11 bits per heavy atom. The van der Waals surface area contributed by atoms with Crippen molar-refractivity contribution in [3.8, 4) is 0 Å². The van der Waals surface area contributed by atoms with Crippen molar-refractivity contribution in [1.82, 2.24) is 55.5 Å². The maximum atomic E-state index is 15.1. The Morgan fingerprint density at radius 1 is 0.848 bits per heavy atom. The molecule has 362 valence electrons. The summed E-state index contributed by atoms with van der Waals surface area (Å²) in [6.07, 6.45) is 7.91. The quantitative estimate of drug-likeness (QED) is 0.168. The summed E-state index contributed by atoms with van der Waals surface area (Å²) in [4.78, 5) is 91.6. The number of hydrogen-bond donors (Lipinski definition) is 5. The first-order chi connectivity index (χ1) is 31.2. The summed E-state index contributed by atoms with van der Waals surface area (Å²) in [6.45, 7) is 19.5. The van der Waals surface area contributed by atoms with Gasteiger partial charge in [-0.3, -0.25) is 33.7 Å². The molecule has 66 heavy (non-hydrogen) atoms. The van der Waals surface area contributed by atoms with Crippen LogP contribution in [-0.2, 0) is 47.3 Å². The Bertz CT molecular complexity index is 2190. The van der Waals surface area contributed by atoms with Crippen LogP contribution < -0.4 is 21.3 Å². The first kappa shape index (κ1) is 51.4. The van der Waals surface area contributed by atoms with Crippen LogP contribution in [0.15, 0.2) is 55.5 Å². The summed E-state index contributed by atoms with van der Waals surface area (Å²) < 4.78 is 3.48. The Balaban J connectivity index is 1.65. The molecule has 2 saturated heterocycles. The first-order valence-corrected chi connectivity index (χ1v) is 23.4. The average molecular weight is 916 g/mol. The molecule has 5 N–H and O–H groups in total. The van der Waals surface area contributed by atoms with E-state index in [4.69, 9.17) is 0 Å². The molecule has 1 unspecified atom stereocenters. The van der Waals surface area contributed by atoms with Gasteiger partial charge in [0.05, 0.1) is 30.4 Å². The van der Waals surface area contributed by atoms with Crippen molar-refractivity contribution in [2.75, 3.05) is 20.6 Å². The fraction of sp³-hybridized carbons (Fsp3) is 0.625. The average Bonchev–Trinajstić information content (AvgIpc) is 3.93. The molecule has 9 atom stereocenters. The number of likely N-dealkylation sites (N-methyl/N-ethyl adjacent to an activating group) is 2. The van der Waals surface area contributed by atoms with Gasteiger partial charge in [-0.25, -0.2) is 4.68 Å². The molecule has 18 heteroatoms. The van der Waals surface area contributed by atoms with E-state index in [1.54, 1.807) is 18.1 Å². The van der Waals surface area contributed by atoms with E-state index < -0.39 is 89.5 Å². The number of aromatic nitrogens is 4. The molecular weight excluding hydrogens is 843 g/mol. The number of nitrogens with one attached hydrogen (secondary N) is 4. The number of para-hydroxylation sites is 1. The van der Waals surface area contributed by atoms with Crippen LogP contribution in [0.25, 0.3) is 10.9 Å². The van der Waals surface area contributed by atoms with Crippen LogP contribution in [0.1, 0.15) is 99.5 Å². The second-order valence-electron chi connectivity index (χ2n) is 19.5. The van der Waals surface area contributed by atoms with Crippen LogP contribution in [0.4, 0.5) is 0 Å². The van der Waals surface area contributed by atoms with Gasteiger partial charge in [-0.1, -0.05) is 70.5 Å². The van der Waals surface area contributed by atoms with E-state index in [1.807, 2.05) is 85.0 Å². The number of carbonyl (C=O) groups is 6. The monoisotopic (exact) mass is 916 g/mol. The lowest BCUT2D eigenvalue weighted by atomic mass is 9.94. The molecule has 0 saturated carbocycles. The molecule has 0 radical (unpaired) electrons. The molecule has 0 spiro atoms. The van der Waals surface area contributed by atoms with Crippen molar-refractivity contribution in [2.45, 2.75) is 161 Å². The third kappa shape index (κ3) is 12.0. The number of nitrogens with zero attached hydrogens (tertiary/aromatic N) is 7. The fourth-order valence-corrected chi connectivity index (χ4v) is 9.13. The largest absolute Gasteiger partial charge is 0.376 e. The molecule has 4 heterocycles. The van der Waals surface area contributed by atoms with Crippen LogP contribution in [-0.4, -0.2) is 144 Å². The van der Waals surface area contributed by atoms with E-state index in [1.165, 1.54) is 34.6 Å². The van der Waals surface area contributed by atoms with E-state index >= 15 is 4.79 Å². The van der Waals surface area contributed by atoms with Crippen molar-refractivity contribution in [2.24, 2.45) is 11.8 Å². The van der Waals surface area contributed by atoms with E-state index in [0.717, 1.165) is 16.5 Å². The lowest BCUT2D eigenvalue weighted by Crippen LogP contribution is -2.64. The maximum absolute atomic E-state index is 15.1. The zero-order valence-electron chi connectivity index (χ0n) is 40.5. The maximum Gasteiger partial charge on any atom is 0.245 e. The van der Waals surface area contributed by atoms with Gasteiger partial charge in [-0.05, 0) is 76.3 Å². The van der Waals surface area contributed by atoms with Gasteiger partial charge in [0, 0.05) is 50.4 Å². The van der Waals surface area contributed by atoms with Gasteiger partial charge in [0.1, 0.15) is 36.4 Å². The number of piperidine rings is 1. The highest BCUT2D eigenvalue weighted by Crippen LogP contribution is 2.30. The summed E-state index contributed by atoms with van der Waals surface area (Å²) in [5.41, 5.74) is 1.11. The van der Waals surface area contributed by atoms with Gasteiger partial charge in [0.15, 0.2) is 0 Å². The lowest BCUT2D eigenvalue weighted by Gasteiger charge is -2.46. The zero-order chi connectivity index (χ0) is 48.6. The molecule has 18 nitrogen and oxygen atoms in total. The minimum atomic E-state index is -1.28. The predicted octanol–water partition coefficient (Wildman–Crippen LogP) is 2.70. The van der Waals surface area contributed by atoms with Crippen LogP contribution in [0.5, 0.6) is 0 Å². The van der Waals surface area contributed by atoms with E-state index in [9.17, 15) is 29.1 Å². The van der Waals surface area contributed by atoms with Crippen LogP contribution in [0, 0.1) is 11.8 Å². The highest BCUT2D eigenvalue weighted by molar-refractivity contribution is 5.97. The minimum Gasteiger partial charge on any atom is -0.376 e. The van der Waals surface area contributed by atoms with Gasteiger partial charge in [0.25, 0.3) is 0 Å². The molecule has 6 amide bonds. The van der Waals surface area contributed by atoms with Gasteiger partial charge in [-0.15, -0.1) is 11.7 Å². The van der Waals surface area contributed by atoms with Gasteiger partial charge in [0.2, 0.25) is 35.4 Å². The number of aliphatic hydroxyl groups is 1. The topological polar surface area (TPSA) is 216 Å². The lowest BCUT2D eigenvalue weighted by molar-refractivity contribution is -0.154. The van der Waals surface area contributed by atoms with Gasteiger partial charge < -0.3 is 40.7 Å². The van der Waals surface area contributed by atoms with Gasteiger partial charge in [-0.2, -0.15) is 0 Å². The molecule has 3 aromatic rings. The second-order valence-corrected chi connectivity index (χ2v) is 19.5. The standard InChI is InChI=1S/C48H73N11O7/c1-12-17-34-45(64)55(10)38-20-16-22-58(47(38)66)40(25-30(5)6)44(63)53-36(28-57-23-21-49-54-57)42(61)52-35(26-32-27-59(48(8,9)13-2)37-19-15-14-18-33(32)37)46(65)56(11)39(24-29(3)4)43(62)50-31(7)41(60)51-34/h13-15,18-19,21,23,27,29-31,34-36,38-40,47,66H,2,12,16-17,20,22,24-26,28H2,1,3-11H3,(H,50,62)(H,51,60)(H,52,61)(H,53,63)/t31-,34-,35-,36-,38-,39-,40-,47-/m0/s1. The molecule has 2 fully saturated rings.